The molecule has 0 saturated carbocycles. The molecule has 3 aromatic rings. The Kier molecular flexibility index (Phi) is 4.09. The van der Waals surface area contributed by atoms with E-state index in [9.17, 15) is 5.26 Å². The third-order valence-corrected chi connectivity index (χ3v) is 5.88. The number of nitriles is 2. The van der Waals surface area contributed by atoms with E-state index in [-0.39, 0.29) is 0 Å². The van der Waals surface area contributed by atoms with E-state index in [0.29, 0.717) is 5.56 Å². The highest BCUT2D eigenvalue weighted by Crippen LogP contribution is 2.38. The van der Waals surface area contributed by atoms with Crippen molar-refractivity contribution >= 4 is 33.5 Å². The minimum absolute atomic E-state index is 0.627. The number of thiophene rings is 1. The zero-order valence-corrected chi connectivity index (χ0v) is 14.5. The maximum Gasteiger partial charge on any atom is 0.134 e. The van der Waals surface area contributed by atoms with Crippen LogP contribution in [0.25, 0.3) is 10.9 Å². The fraction of sp³-hybridized carbons (Fsp3) is 0.250. The summed E-state index contributed by atoms with van der Waals surface area (Å²) >= 11 is 1.65. The van der Waals surface area contributed by atoms with E-state index in [1.54, 1.807) is 23.6 Å². The van der Waals surface area contributed by atoms with Crippen LogP contribution in [0.3, 0.4) is 0 Å². The third kappa shape index (κ3) is 2.84. The predicted molar refractivity (Wildman–Crippen MR) is 101 cm³/mol. The summed E-state index contributed by atoms with van der Waals surface area (Å²) in [4.78, 5) is 9.15. The minimum Gasteiger partial charge on any atom is -0.361 e. The van der Waals surface area contributed by atoms with Gasteiger partial charge in [0.15, 0.2) is 0 Å². The van der Waals surface area contributed by atoms with Crippen LogP contribution in [0.5, 0.6) is 0 Å². The van der Waals surface area contributed by atoms with Gasteiger partial charge in [-0.2, -0.15) is 10.5 Å². The van der Waals surface area contributed by atoms with Crippen LogP contribution < -0.4 is 0 Å². The van der Waals surface area contributed by atoms with Crippen molar-refractivity contribution in [3.63, 3.8) is 0 Å². The molecule has 1 aliphatic rings. The van der Waals surface area contributed by atoms with Gasteiger partial charge in [0.1, 0.15) is 11.1 Å². The number of fused-ring (bicyclic) bond motifs is 2. The van der Waals surface area contributed by atoms with E-state index < -0.39 is 0 Å². The average Bonchev–Trinajstić information content (AvgIpc) is 3.11. The van der Waals surface area contributed by atoms with Crippen LogP contribution in [0.4, 0.5) is 5.00 Å². The van der Waals surface area contributed by atoms with Crippen molar-refractivity contribution in [3.8, 4) is 12.1 Å². The lowest BCUT2D eigenvalue weighted by Gasteiger charge is -1.96. The van der Waals surface area contributed by atoms with Gasteiger partial charge in [0.05, 0.1) is 17.2 Å². The lowest BCUT2D eigenvalue weighted by atomic mass is 10.1. The first-order valence-electron chi connectivity index (χ1n) is 8.40. The van der Waals surface area contributed by atoms with Crippen molar-refractivity contribution in [1.29, 1.82) is 10.5 Å². The summed E-state index contributed by atoms with van der Waals surface area (Å²) in [6.07, 6.45) is 9.32. The number of aromatic nitrogens is 1. The van der Waals surface area contributed by atoms with Crippen LogP contribution in [-0.2, 0) is 12.8 Å². The molecule has 5 heteroatoms. The van der Waals surface area contributed by atoms with Gasteiger partial charge in [-0.25, -0.2) is 4.99 Å². The average molecular weight is 344 g/mol. The second-order valence-electron chi connectivity index (χ2n) is 6.23. The molecule has 122 valence electrons. The molecular weight excluding hydrogens is 328 g/mol. The van der Waals surface area contributed by atoms with Crippen molar-refractivity contribution < 1.29 is 0 Å². The number of aromatic amines is 1. The molecule has 2 aromatic heterocycles. The molecule has 4 nitrogen and oxygen atoms in total. The number of hydrogen-bond donors (Lipinski definition) is 1. The van der Waals surface area contributed by atoms with Crippen molar-refractivity contribution in [2.24, 2.45) is 4.99 Å². The summed E-state index contributed by atoms with van der Waals surface area (Å²) in [5, 5.41) is 20.5. The third-order valence-electron chi connectivity index (χ3n) is 4.68. The molecule has 1 N–H and O–H groups in total. The zero-order valence-electron chi connectivity index (χ0n) is 13.7. The molecule has 0 fully saturated rings. The summed E-state index contributed by atoms with van der Waals surface area (Å²) in [5.41, 5.74) is 4.49. The first-order valence-corrected chi connectivity index (χ1v) is 9.21. The van der Waals surface area contributed by atoms with Gasteiger partial charge in [0.25, 0.3) is 0 Å². The molecule has 1 aliphatic carbocycles. The van der Waals surface area contributed by atoms with Gasteiger partial charge >= 0.3 is 0 Å². The summed E-state index contributed by atoms with van der Waals surface area (Å²) in [6.45, 7) is 0. The number of nitrogens with zero attached hydrogens (tertiary/aromatic N) is 3. The Bertz CT molecular complexity index is 1060. The number of aliphatic imine (C=N–C) groups is 1. The van der Waals surface area contributed by atoms with Crippen LogP contribution in [-0.4, -0.2) is 11.2 Å². The number of H-pyrrole nitrogens is 1. The smallest absolute Gasteiger partial charge is 0.134 e. The maximum atomic E-state index is 9.59. The van der Waals surface area contributed by atoms with Gasteiger partial charge in [0, 0.05) is 33.8 Å². The molecule has 0 radical (unpaired) electrons. The van der Waals surface area contributed by atoms with Crippen LogP contribution >= 0.6 is 11.3 Å². The molecule has 0 spiro atoms. The summed E-state index contributed by atoms with van der Waals surface area (Å²) in [6, 6.07) is 10.1. The van der Waals surface area contributed by atoms with E-state index in [4.69, 9.17) is 5.26 Å². The summed E-state index contributed by atoms with van der Waals surface area (Å²) in [7, 11) is 0. The zero-order chi connectivity index (χ0) is 17.2. The van der Waals surface area contributed by atoms with Crippen molar-refractivity contribution in [1.82, 2.24) is 4.98 Å². The SMILES string of the molecule is N#Cc1ccc2[nH]cc(C=Nc3sc4c(c3C#N)CCCCC4)c2c1. The van der Waals surface area contributed by atoms with E-state index in [2.05, 4.69) is 22.1 Å². The van der Waals surface area contributed by atoms with Crippen LogP contribution in [0, 0.1) is 22.7 Å². The molecular formula is C20H16N4S. The molecule has 1 aromatic carbocycles. The van der Waals surface area contributed by atoms with E-state index in [1.807, 2.05) is 18.3 Å². The lowest BCUT2D eigenvalue weighted by Crippen LogP contribution is -1.87. The molecule has 0 saturated heterocycles. The van der Waals surface area contributed by atoms with Gasteiger partial charge in [-0.15, -0.1) is 11.3 Å². The number of nitrogens with one attached hydrogen (secondary N) is 1. The van der Waals surface area contributed by atoms with E-state index >= 15 is 0 Å². The normalized spacial score (nSPS) is 14.2. The molecule has 2 heterocycles. The van der Waals surface area contributed by atoms with Gasteiger partial charge in [0.2, 0.25) is 0 Å². The standard InChI is InChI=1S/C20H16N4S/c21-9-13-6-7-18-16(8-13)14(11-23-18)12-24-20-17(10-22)15-4-2-1-3-5-19(15)25-20/h6-8,11-12,23H,1-5H2. The van der Waals surface area contributed by atoms with Crippen molar-refractivity contribution in [2.45, 2.75) is 32.1 Å². The number of rotatable bonds is 2. The Morgan fingerprint density at radius 1 is 1.12 bits per heavy atom. The fourth-order valence-electron chi connectivity index (χ4n) is 3.38. The highest BCUT2D eigenvalue weighted by Gasteiger charge is 2.19. The predicted octanol–water partition coefficient (Wildman–Crippen LogP) is 4.99. The monoisotopic (exact) mass is 344 g/mol. The molecule has 0 bridgehead atoms. The molecule has 0 amide bonds. The Morgan fingerprint density at radius 3 is 2.84 bits per heavy atom. The summed E-state index contributed by atoms with van der Waals surface area (Å²) in [5.74, 6) is 0. The largest absolute Gasteiger partial charge is 0.361 e. The number of hydrogen-bond acceptors (Lipinski definition) is 4. The van der Waals surface area contributed by atoms with Crippen molar-refractivity contribution in [3.05, 3.63) is 51.5 Å². The number of aryl methyl sites for hydroxylation is 1. The van der Waals surface area contributed by atoms with Crippen molar-refractivity contribution in [2.75, 3.05) is 0 Å². The molecule has 0 atom stereocenters. The topological polar surface area (TPSA) is 75.7 Å². The molecule has 25 heavy (non-hydrogen) atoms. The highest BCUT2D eigenvalue weighted by molar-refractivity contribution is 7.16. The van der Waals surface area contributed by atoms with E-state index in [0.717, 1.165) is 46.3 Å². The van der Waals surface area contributed by atoms with Crippen LogP contribution in [0.2, 0.25) is 0 Å². The second kappa shape index (κ2) is 6.55. The highest BCUT2D eigenvalue weighted by atomic mass is 32.1. The van der Waals surface area contributed by atoms with Gasteiger partial charge in [-0.05, 0) is 49.4 Å². The Labute approximate surface area is 150 Å². The Balaban J connectivity index is 1.74. The van der Waals surface area contributed by atoms with Crippen LogP contribution in [0.1, 0.15) is 46.4 Å². The van der Waals surface area contributed by atoms with Gasteiger partial charge in [-0.3, -0.25) is 0 Å². The van der Waals surface area contributed by atoms with E-state index in [1.165, 1.54) is 23.3 Å². The fourth-order valence-corrected chi connectivity index (χ4v) is 4.56. The van der Waals surface area contributed by atoms with Crippen LogP contribution in [0.15, 0.2) is 29.4 Å². The quantitative estimate of drug-likeness (QED) is 0.525. The lowest BCUT2D eigenvalue weighted by molar-refractivity contribution is 0.712. The molecule has 0 aliphatic heterocycles. The Morgan fingerprint density at radius 2 is 2.00 bits per heavy atom. The van der Waals surface area contributed by atoms with Gasteiger partial charge in [-0.1, -0.05) is 6.42 Å². The first kappa shape index (κ1) is 15.6. The second-order valence-corrected chi connectivity index (χ2v) is 7.31. The Hall–Kier alpha value is -2.89. The minimum atomic E-state index is 0.627. The van der Waals surface area contributed by atoms with Gasteiger partial charge < -0.3 is 4.98 Å². The first-order chi connectivity index (χ1) is 12.3. The maximum absolute atomic E-state index is 9.59. The number of benzene rings is 1. The summed E-state index contributed by atoms with van der Waals surface area (Å²) < 4.78 is 0. The molecule has 4 rings (SSSR count). The molecule has 0 unspecified atom stereocenters.